The summed E-state index contributed by atoms with van der Waals surface area (Å²) in [6.45, 7) is 3.15. The second-order valence-electron chi connectivity index (χ2n) is 10.0. The number of anilines is 2. The molecule has 0 aliphatic carbocycles. The van der Waals surface area contributed by atoms with Crippen LogP contribution in [0.1, 0.15) is 23.6 Å². The summed E-state index contributed by atoms with van der Waals surface area (Å²) in [5.74, 6) is -1.21. The van der Waals surface area contributed by atoms with Crippen LogP contribution in [-0.4, -0.2) is 17.6 Å². The molecule has 0 saturated heterocycles. The number of nitrogens with zero attached hydrogens (tertiary/aromatic N) is 2. The molecule has 0 amide bonds. The Kier molecular flexibility index (Phi) is 5.92. The van der Waals surface area contributed by atoms with Crippen LogP contribution in [0.2, 0.25) is 0 Å². The number of thiophene rings is 2. The number of aryl methyl sites for hydroxylation is 2. The highest BCUT2D eigenvalue weighted by molar-refractivity contribution is 7.36. The van der Waals surface area contributed by atoms with E-state index >= 15 is 0 Å². The Hall–Kier alpha value is -4.44. The minimum absolute atomic E-state index is 0.265. The van der Waals surface area contributed by atoms with Gasteiger partial charge in [-0.3, -0.25) is 0 Å². The van der Waals surface area contributed by atoms with Gasteiger partial charge in [0.1, 0.15) is 11.6 Å². The van der Waals surface area contributed by atoms with Gasteiger partial charge in [-0.15, -0.1) is 22.7 Å². The number of carbonyl (C=O) groups is 1. The molecule has 40 heavy (non-hydrogen) atoms. The number of hydrogen-bond acceptors (Lipinski definition) is 5. The second kappa shape index (κ2) is 9.63. The zero-order valence-corrected chi connectivity index (χ0v) is 23.4. The molecular formula is C34H24N2O2S2. The fourth-order valence-corrected chi connectivity index (χ4v) is 8.41. The lowest BCUT2D eigenvalue weighted by Crippen LogP contribution is -2.17. The van der Waals surface area contributed by atoms with E-state index in [1.165, 1.54) is 59.2 Å². The van der Waals surface area contributed by atoms with Crippen LogP contribution in [0.3, 0.4) is 0 Å². The van der Waals surface area contributed by atoms with Crippen molar-refractivity contribution in [3.63, 3.8) is 0 Å². The average Bonchev–Trinajstić information content (AvgIpc) is 3.46. The molecule has 0 saturated carbocycles. The fraction of sp³-hybridized carbons (Fsp3) is 0.118. The highest BCUT2D eigenvalue weighted by Gasteiger charge is 2.20. The van der Waals surface area contributed by atoms with E-state index in [9.17, 15) is 9.90 Å². The van der Waals surface area contributed by atoms with Gasteiger partial charge in [0.2, 0.25) is 0 Å². The largest absolute Gasteiger partial charge is 0.477 e. The predicted octanol–water partition coefficient (Wildman–Crippen LogP) is 9.18. The zero-order chi connectivity index (χ0) is 27.4. The number of carboxylic acid groups (broad SMARTS) is 1. The van der Waals surface area contributed by atoms with Gasteiger partial charge in [0, 0.05) is 38.1 Å². The van der Waals surface area contributed by atoms with Gasteiger partial charge in [-0.1, -0.05) is 36.4 Å². The van der Waals surface area contributed by atoms with E-state index in [0.717, 1.165) is 35.0 Å². The topological polar surface area (TPSA) is 64.3 Å². The number of rotatable bonds is 4. The minimum Gasteiger partial charge on any atom is -0.477 e. The quantitative estimate of drug-likeness (QED) is 0.174. The summed E-state index contributed by atoms with van der Waals surface area (Å²) in [5.41, 5.74) is 8.29. The van der Waals surface area contributed by atoms with Crippen molar-refractivity contribution in [2.45, 2.75) is 19.8 Å². The molecule has 0 radical (unpaired) electrons. The number of hydrogen-bond donors (Lipinski definition) is 1. The van der Waals surface area contributed by atoms with E-state index in [-0.39, 0.29) is 5.57 Å². The summed E-state index contributed by atoms with van der Waals surface area (Å²) in [5, 5.41) is 20.8. The van der Waals surface area contributed by atoms with Gasteiger partial charge in [-0.25, -0.2) is 4.79 Å². The first-order valence-corrected chi connectivity index (χ1v) is 14.9. The van der Waals surface area contributed by atoms with Crippen molar-refractivity contribution in [1.82, 2.24) is 0 Å². The first kappa shape index (κ1) is 24.6. The van der Waals surface area contributed by atoms with Crippen molar-refractivity contribution in [1.29, 1.82) is 5.26 Å². The van der Waals surface area contributed by atoms with E-state index in [4.69, 9.17) is 5.26 Å². The standard InChI is InChI=1S/C34H24N2O2S2/c1-2-36-28-6-4-3-5-21(28)8-9-24-17-22(10-12-29(24)36)23-11-14-31-27(18-23)33-32(40-31)26-16-20(7-13-30(26)39-33)15-25(19-35)34(37)38/h3-7,10-18H,2,8-9H2,1H3,(H,37,38). The lowest BCUT2D eigenvalue weighted by molar-refractivity contribution is -0.132. The molecule has 2 aromatic heterocycles. The maximum atomic E-state index is 11.3. The Bertz CT molecular complexity index is 2060. The number of aliphatic carboxylic acids is 1. The first-order chi connectivity index (χ1) is 19.5. The van der Waals surface area contributed by atoms with E-state index in [1.54, 1.807) is 28.7 Å². The highest BCUT2D eigenvalue weighted by Crippen LogP contribution is 2.46. The monoisotopic (exact) mass is 556 g/mol. The molecule has 6 heteroatoms. The molecule has 0 bridgehead atoms. The Morgan fingerprint density at radius 1 is 0.875 bits per heavy atom. The molecule has 4 nitrogen and oxygen atoms in total. The average molecular weight is 557 g/mol. The van der Waals surface area contributed by atoms with Crippen molar-refractivity contribution in [3.05, 3.63) is 101 Å². The first-order valence-electron chi connectivity index (χ1n) is 13.3. The normalized spacial score (nSPS) is 13.3. The molecule has 0 spiro atoms. The molecule has 1 aliphatic heterocycles. The van der Waals surface area contributed by atoms with E-state index in [0.29, 0.717) is 0 Å². The smallest absolute Gasteiger partial charge is 0.346 e. The van der Waals surface area contributed by atoms with Gasteiger partial charge in [-0.05, 0) is 96.1 Å². The molecule has 1 aliphatic rings. The lowest BCUT2D eigenvalue weighted by atomic mass is 9.98. The number of nitriles is 1. The molecule has 194 valence electrons. The molecule has 3 heterocycles. The Morgan fingerprint density at radius 3 is 2.27 bits per heavy atom. The molecule has 6 aromatic rings. The maximum Gasteiger partial charge on any atom is 0.346 e. The van der Waals surface area contributed by atoms with Crippen molar-refractivity contribution in [2.75, 3.05) is 11.4 Å². The number of para-hydroxylation sites is 1. The Balaban J connectivity index is 1.31. The zero-order valence-electron chi connectivity index (χ0n) is 21.8. The van der Waals surface area contributed by atoms with Crippen LogP contribution in [0.15, 0.2) is 84.4 Å². The minimum atomic E-state index is -1.21. The van der Waals surface area contributed by atoms with Gasteiger partial charge < -0.3 is 10.0 Å². The van der Waals surface area contributed by atoms with Crippen molar-refractivity contribution in [3.8, 4) is 17.2 Å². The summed E-state index contributed by atoms with van der Waals surface area (Å²) < 4.78 is 4.84. The van der Waals surface area contributed by atoms with Crippen LogP contribution < -0.4 is 4.90 Å². The molecule has 1 N–H and O–H groups in total. The highest BCUT2D eigenvalue weighted by atomic mass is 32.1. The third-order valence-electron chi connectivity index (χ3n) is 7.73. The fourth-order valence-electron chi connectivity index (χ4n) is 5.81. The third kappa shape index (κ3) is 3.98. The number of fused-ring (bicyclic) bond motifs is 7. The summed E-state index contributed by atoms with van der Waals surface area (Å²) in [7, 11) is 0. The van der Waals surface area contributed by atoms with Crippen molar-refractivity contribution >= 4 is 75.7 Å². The SMILES string of the molecule is CCN1c2ccccc2CCc2cc(-c3ccc4sc5c6cc(C=C(C#N)C(=O)O)ccc6sc5c4c3)ccc21. The molecule has 0 fully saturated rings. The van der Waals surface area contributed by atoms with E-state index in [1.807, 2.05) is 18.2 Å². The number of benzene rings is 4. The van der Waals surface area contributed by atoms with Crippen LogP contribution in [0.25, 0.3) is 46.8 Å². The van der Waals surface area contributed by atoms with Gasteiger partial charge in [0.15, 0.2) is 0 Å². The number of carboxylic acids is 1. The van der Waals surface area contributed by atoms with Gasteiger partial charge >= 0.3 is 5.97 Å². The van der Waals surface area contributed by atoms with Crippen molar-refractivity contribution < 1.29 is 9.90 Å². The molecule has 0 atom stereocenters. The lowest BCUT2D eigenvalue weighted by Gasteiger charge is -2.25. The molecule has 4 aromatic carbocycles. The summed E-state index contributed by atoms with van der Waals surface area (Å²) in [4.78, 5) is 13.8. The maximum absolute atomic E-state index is 11.3. The van der Waals surface area contributed by atoms with Crippen LogP contribution in [0, 0.1) is 11.3 Å². The second-order valence-corrected chi connectivity index (χ2v) is 12.1. The van der Waals surface area contributed by atoms with Crippen LogP contribution in [0.5, 0.6) is 0 Å². The molecular weight excluding hydrogens is 533 g/mol. The van der Waals surface area contributed by atoms with Crippen LogP contribution in [-0.2, 0) is 17.6 Å². The predicted molar refractivity (Wildman–Crippen MR) is 168 cm³/mol. The summed E-state index contributed by atoms with van der Waals surface area (Å²) in [6.07, 6.45) is 3.49. The van der Waals surface area contributed by atoms with E-state index in [2.05, 4.69) is 72.5 Å². The Morgan fingerprint density at radius 2 is 1.52 bits per heavy atom. The Labute approximate surface area is 239 Å². The van der Waals surface area contributed by atoms with Crippen molar-refractivity contribution in [2.24, 2.45) is 0 Å². The van der Waals surface area contributed by atoms with Crippen LogP contribution >= 0.6 is 22.7 Å². The molecule has 7 rings (SSSR count). The van der Waals surface area contributed by atoms with E-state index < -0.39 is 5.97 Å². The summed E-state index contributed by atoms with van der Waals surface area (Å²) >= 11 is 3.53. The van der Waals surface area contributed by atoms with Gasteiger partial charge in [0.25, 0.3) is 0 Å². The third-order valence-corrected chi connectivity index (χ3v) is 10.3. The van der Waals surface area contributed by atoms with Crippen LogP contribution in [0.4, 0.5) is 11.4 Å². The molecule has 0 unspecified atom stereocenters. The van der Waals surface area contributed by atoms with Gasteiger partial charge in [0.05, 0.1) is 9.40 Å². The van der Waals surface area contributed by atoms with Gasteiger partial charge in [-0.2, -0.15) is 5.26 Å². The summed E-state index contributed by atoms with van der Waals surface area (Å²) in [6, 6.07) is 30.1.